The zero-order chi connectivity index (χ0) is 16.2. The normalized spacial score (nSPS) is 13.2. The summed E-state index contributed by atoms with van der Waals surface area (Å²) in [5.41, 5.74) is 3.12. The number of amides is 1. The first-order valence-corrected chi connectivity index (χ1v) is 7.93. The Kier molecular flexibility index (Phi) is 4.51. The molecule has 0 atom stereocenters. The van der Waals surface area contributed by atoms with E-state index in [0.29, 0.717) is 13.2 Å². The van der Waals surface area contributed by atoms with Crippen molar-refractivity contribution in [2.24, 2.45) is 0 Å². The molecule has 3 rings (SSSR count). The molecule has 1 aliphatic rings. The number of carbonyl (C=O) groups is 1. The predicted octanol–water partition coefficient (Wildman–Crippen LogP) is 3.36. The van der Waals surface area contributed by atoms with Crippen LogP contribution in [-0.4, -0.2) is 25.7 Å². The summed E-state index contributed by atoms with van der Waals surface area (Å²) in [6.45, 7) is 5.18. The summed E-state index contributed by atoms with van der Waals surface area (Å²) in [6.07, 6.45) is 0.946. The van der Waals surface area contributed by atoms with Crippen LogP contribution in [0.15, 0.2) is 42.5 Å². The molecule has 0 aliphatic carbocycles. The zero-order valence-corrected chi connectivity index (χ0v) is 13.5. The number of carbonyl (C=O) groups excluding carboxylic acids is 1. The molecule has 0 radical (unpaired) electrons. The van der Waals surface area contributed by atoms with E-state index in [0.717, 1.165) is 29.2 Å². The molecule has 1 amide bonds. The highest BCUT2D eigenvalue weighted by atomic mass is 16.5. The van der Waals surface area contributed by atoms with Crippen LogP contribution in [0, 0.1) is 6.92 Å². The third-order valence-corrected chi connectivity index (χ3v) is 3.95. The summed E-state index contributed by atoms with van der Waals surface area (Å²) >= 11 is 0. The fraction of sp³-hybridized carbons (Fsp3) is 0.316. The Hall–Kier alpha value is -2.49. The fourth-order valence-electron chi connectivity index (χ4n) is 2.66. The summed E-state index contributed by atoms with van der Waals surface area (Å²) in [5.74, 6) is 1.43. The van der Waals surface area contributed by atoms with Crippen LogP contribution in [-0.2, 0) is 11.2 Å². The summed E-state index contributed by atoms with van der Waals surface area (Å²) in [7, 11) is 0. The van der Waals surface area contributed by atoms with Crippen LogP contribution in [0.1, 0.15) is 18.1 Å². The zero-order valence-electron chi connectivity index (χ0n) is 13.5. The van der Waals surface area contributed by atoms with Gasteiger partial charge in [0, 0.05) is 0 Å². The molecular weight excluding hydrogens is 290 g/mol. The molecule has 4 nitrogen and oxygen atoms in total. The van der Waals surface area contributed by atoms with E-state index in [1.807, 2.05) is 43.3 Å². The van der Waals surface area contributed by atoms with Crippen molar-refractivity contribution in [3.8, 4) is 11.5 Å². The van der Waals surface area contributed by atoms with Gasteiger partial charge in [0.15, 0.2) is 6.61 Å². The molecule has 0 fully saturated rings. The second kappa shape index (κ2) is 6.73. The maximum Gasteiger partial charge on any atom is 0.265 e. The van der Waals surface area contributed by atoms with Crippen molar-refractivity contribution in [1.82, 2.24) is 0 Å². The minimum atomic E-state index is -0.0537. The molecule has 0 spiro atoms. The molecule has 0 bridgehead atoms. The Balaban J connectivity index is 1.71. The van der Waals surface area contributed by atoms with Gasteiger partial charge in [-0.05, 0) is 48.7 Å². The summed E-state index contributed by atoms with van der Waals surface area (Å²) in [5, 5.41) is 0. The first-order chi connectivity index (χ1) is 11.2. The molecule has 2 aromatic rings. The van der Waals surface area contributed by atoms with Crippen molar-refractivity contribution in [3.63, 3.8) is 0 Å². The van der Waals surface area contributed by atoms with Crippen molar-refractivity contribution in [2.45, 2.75) is 20.3 Å². The molecule has 1 aliphatic heterocycles. The van der Waals surface area contributed by atoms with Crippen LogP contribution in [0.4, 0.5) is 5.69 Å². The van der Waals surface area contributed by atoms with Gasteiger partial charge in [0.05, 0.1) is 12.2 Å². The predicted molar refractivity (Wildman–Crippen MR) is 90.3 cm³/mol. The number of ether oxygens (including phenoxy) is 2. The number of rotatable bonds is 4. The van der Waals surface area contributed by atoms with E-state index >= 15 is 0 Å². The molecule has 1 heterocycles. The van der Waals surface area contributed by atoms with Crippen LogP contribution in [0.3, 0.4) is 0 Å². The average Bonchev–Trinajstić information content (AvgIpc) is 2.59. The van der Waals surface area contributed by atoms with Crippen LogP contribution in [0.2, 0.25) is 0 Å². The maximum atomic E-state index is 12.5. The lowest BCUT2D eigenvalue weighted by atomic mass is 10.1. The average molecular weight is 311 g/mol. The smallest absolute Gasteiger partial charge is 0.265 e. The SMILES string of the molecule is CCc1cccc(OCC(=O)N2CCOc3ccc(C)cc32)c1. The summed E-state index contributed by atoms with van der Waals surface area (Å²) < 4.78 is 11.3. The highest BCUT2D eigenvalue weighted by Gasteiger charge is 2.24. The Morgan fingerprint density at radius 3 is 2.96 bits per heavy atom. The number of nitrogens with zero attached hydrogens (tertiary/aromatic N) is 1. The van der Waals surface area contributed by atoms with Gasteiger partial charge < -0.3 is 14.4 Å². The van der Waals surface area contributed by atoms with Crippen molar-refractivity contribution < 1.29 is 14.3 Å². The Morgan fingerprint density at radius 1 is 1.26 bits per heavy atom. The van der Waals surface area contributed by atoms with Crippen LogP contribution < -0.4 is 14.4 Å². The van der Waals surface area contributed by atoms with Crippen molar-refractivity contribution >= 4 is 11.6 Å². The highest BCUT2D eigenvalue weighted by molar-refractivity contribution is 5.96. The van der Waals surface area contributed by atoms with Gasteiger partial charge in [-0.3, -0.25) is 4.79 Å². The number of aryl methyl sites for hydroxylation is 2. The molecule has 2 aromatic carbocycles. The molecule has 23 heavy (non-hydrogen) atoms. The van der Waals surface area contributed by atoms with Crippen molar-refractivity contribution in [2.75, 3.05) is 24.7 Å². The molecule has 0 saturated heterocycles. The van der Waals surface area contributed by atoms with Gasteiger partial charge in [0.25, 0.3) is 5.91 Å². The lowest BCUT2D eigenvalue weighted by Gasteiger charge is -2.29. The monoisotopic (exact) mass is 311 g/mol. The van der Waals surface area contributed by atoms with Crippen LogP contribution >= 0.6 is 0 Å². The van der Waals surface area contributed by atoms with E-state index in [9.17, 15) is 4.79 Å². The topological polar surface area (TPSA) is 38.8 Å². The quantitative estimate of drug-likeness (QED) is 0.869. The molecule has 0 N–H and O–H groups in total. The molecule has 120 valence electrons. The number of anilines is 1. The molecule has 4 heteroatoms. The van der Waals surface area contributed by atoms with Crippen LogP contribution in [0.5, 0.6) is 11.5 Å². The van der Waals surface area contributed by atoms with Gasteiger partial charge in [0.2, 0.25) is 0 Å². The van der Waals surface area contributed by atoms with E-state index < -0.39 is 0 Å². The fourth-order valence-corrected chi connectivity index (χ4v) is 2.66. The van der Waals surface area contributed by atoms with E-state index in [1.165, 1.54) is 5.56 Å². The molecule has 0 aromatic heterocycles. The Labute approximate surface area is 136 Å². The Morgan fingerprint density at radius 2 is 2.13 bits per heavy atom. The van der Waals surface area contributed by atoms with Gasteiger partial charge in [-0.2, -0.15) is 0 Å². The van der Waals surface area contributed by atoms with Crippen LogP contribution in [0.25, 0.3) is 0 Å². The first kappa shape index (κ1) is 15.4. The van der Waals surface area contributed by atoms with E-state index in [1.54, 1.807) is 4.90 Å². The van der Waals surface area contributed by atoms with Gasteiger partial charge in [-0.1, -0.05) is 25.1 Å². The van der Waals surface area contributed by atoms with E-state index in [4.69, 9.17) is 9.47 Å². The first-order valence-electron chi connectivity index (χ1n) is 7.93. The van der Waals surface area contributed by atoms with Crippen molar-refractivity contribution in [1.29, 1.82) is 0 Å². The molecule has 0 unspecified atom stereocenters. The standard InChI is InChI=1S/C19H21NO3/c1-3-15-5-4-6-16(12-15)23-13-19(21)20-9-10-22-18-8-7-14(2)11-17(18)20/h4-8,11-12H,3,9-10,13H2,1-2H3. The largest absolute Gasteiger partial charge is 0.490 e. The third-order valence-electron chi connectivity index (χ3n) is 3.95. The summed E-state index contributed by atoms with van der Waals surface area (Å²) in [4.78, 5) is 14.3. The molecule has 0 saturated carbocycles. The number of hydrogen-bond acceptors (Lipinski definition) is 3. The maximum absolute atomic E-state index is 12.5. The van der Waals surface area contributed by atoms with Gasteiger partial charge in [0.1, 0.15) is 18.1 Å². The second-order valence-electron chi connectivity index (χ2n) is 5.65. The molecular formula is C19H21NO3. The van der Waals surface area contributed by atoms with Gasteiger partial charge in [-0.25, -0.2) is 0 Å². The van der Waals surface area contributed by atoms with Gasteiger partial charge in [-0.15, -0.1) is 0 Å². The summed E-state index contributed by atoms with van der Waals surface area (Å²) in [6, 6.07) is 13.7. The third kappa shape index (κ3) is 3.47. The van der Waals surface area contributed by atoms with E-state index in [2.05, 4.69) is 13.0 Å². The number of benzene rings is 2. The second-order valence-corrected chi connectivity index (χ2v) is 5.65. The van der Waals surface area contributed by atoms with Crippen molar-refractivity contribution in [3.05, 3.63) is 53.6 Å². The lowest BCUT2D eigenvalue weighted by molar-refractivity contribution is -0.120. The number of fused-ring (bicyclic) bond motifs is 1. The Bertz CT molecular complexity index is 712. The highest BCUT2D eigenvalue weighted by Crippen LogP contribution is 2.32. The van der Waals surface area contributed by atoms with Gasteiger partial charge >= 0.3 is 0 Å². The minimum absolute atomic E-state index is 0.0283. The lowest BCUT2D eigenvalue weighted by Crippen LogP contribution is -2.40. The minimum Gasteiger partial charge on any atom is -0.490 e. The van der Waals surface area contributed by atoms with E-state index in [-0.39, 0.29) is 12.5 Å². The number of hydrogen-bond donors (Lipinski definition) is 0.